The SMILES string of the molecule is COc1ccc(Nc2nccn(C3CC3)c2=O)cc1Cl. The van der Waals surface area contributed by atoms with Crippen molar-refractivity contribution in [2.45, 2.75) is 18.9 Å². The fourth-order valence-corrected chi connectivity index (χ4v) is 2.29. The number of hydrogen-bond donors (Lipinski definition) is 1. The monoisotopic (exact) mass is 291 g/mol. The Balaban J connectivity index is 1.89. The molecule has 6 heteroatoms. The Bertz CT molecular complexity index is 695. The van der Waals surface area contributed by atoms with E-state index in [0.717, 1.165) is 12.8 Å². The molecule has 1 aliphatic carbocycles. The molecule has 20 heavy (non-hydrogen) atoms. The smallest absolute Gasteiger partial charge is 0.293 e. The number of methoxy groups -OCH3 is 1. The number of anilines is 2. The topological polar surface area (TPSA) is 56.1 Å². The van der Waals surface area contributed by atoms with Crippen LogP contribution in [0.3, 0.4) is 0 Å². The lowest BCUT2D eigenvalue weighted by molar-refractivity contribution is 0.415. The second kappa shape index (κ2) is 5.17. The Morgan fingerprint density at radius 2 is 2.25 bits per heavy atom. The average Bonchev–Trinajstić information content (AvgIpc) is 3.26. The summed E-state index contributed by atoms with van der Waals surface area (Å²) in [5.41, 5.74) is 0.593. The van der Waals surface area contributed by atoms with Gasteiger partial charge in [-0.1, -0.05) is 11.6 Å². The number of nitrogens with zero attached hydrogens (tertiary/aromatic N) is 2. The average molecular weight is 292 g/mol. The van der Waals surface area contributed by atoms with Crippen molar-refractivity contribution >= 4 is 23.1 Å². The van der Waals surface area contributed by atoms with Gasteiger partial charge in [-0.15, -0.1) is 0 Å². The molecule has 0 amide bonds. The van der Waals surface area contributed by atoms with E-state index >= 15 is 0 Å². The van der Waals surface area contributed by atoms with Gasteiger partial charge in [0.25, 0.3) is 5.56 Å². The second-order valence-electron chi connectivity index (χ2n) is 4.69. The zero-order chi connectivity index (χ0) is 14.1. The van der Waals surface area contributed by atoms with E-state index in [4.69, 9.17) is 16.3 Å². The highest BCUT2D eigenvalue weighted by atomic mass is 35.5. The van der Waals surface area contributed by atoms with Gasteiger partial charge in [-0.2, -0.15) is 0 Å². The number of rotatable bonds is 4. The number of hydrogen-bond acceptors (Lipinski definition) is 4. The summed E-state index contributed by atoms with van der Waals surface area (Å²) in [5, 5.41) is 3.49. The molecule has 0 bridgehead atoms. The zero-order valence-corrected chi connectivity index (χ0v) is 11.7. The Hall–Kier alpha value is -2.01. The lowest BCUT2D eigenvalue weighted by Crippen LogP contribution is -2.22. The molecule has 1 aromatic heterocycles. The van der Waals surface area contributed by atoms with Crippen LogP contribution in [0.4, 0.5) is 11.5 Å². The van der Waals surface area contributed by atoms with Gasteiger partial charge in [-0.25, -0.2) is 4.98 Å². The molecule has 5 nitrogen and oxygen atoms in total. The summed E-state index contributed by atoms with van der Waals surface area (Å²) >= 11 is 6.06. The van der Waals surface area contributed by atoms with E-state index in [1.807, 2.05) is 0 Å². The minimum absolute atomic E-state index is 0.109. The molecule has 0 radical (unpaired) electrons. The van der Waals surface area contributed by atoms with Crippen LogP contribution in [0.5, 0.6) is 5.75 Å². The fraction of sp³-hybridized carbons (Fsp3) is 0.286. The van der Waals surface area contributed by atoms with Crippen LogP contribution in [0, 0.1) is 0 Å². The van der Waals surface area contributed by atoms with E-state index < -0.39 is 0 Å². The third-order valence-electron chi connectivity index (χ3n) is 3.22. The van der Waals surface area contributed by atoms with Gasteiger partial charge in [0.05, 0.1) is 12.1 Å². The molecule has 1 heterocycles. The van der Waals surface area contributed by atoms with Gasteiger partial charge in [0.2, 0.25) is 0 Å². The van der Waals surface area contributed by atoms with Crippen molar-refractivity contribution in [2.75, 3.05) is 12.4 Å². The highest BCUT2D eigenvalue weighted by Crippen LogP contribution is 2.33. The summed E-state index contributed by atoms with van der Waals surface area (Å²) in [4.78, 5) is 16.3. The molecule has 1 aliphatic rings. The first-order valence-electron chi connectivity index (χ1n) is 6.37. The molecular formula is C14H14ClN3O2. The fourth-order valence-electron chi connectivity index (χ4n) is 2.03. The van der Waals surface area contributed by atoms with E-state index in [2.05, 4.69) is 10.3 Å². The van der Waals surface area contributed by atoms with E-state index in [1.54, 1.807) is 42.3 Å². The quantitative estimate of drug-likeness (QED) is 0.941. The molecule has 3 rings (SSSR count). The van der Waals surface area contributed by atoms with Gasteiger partial charge in [0.15, 0.2) is 5.82 Å². The van der Waals surface area contributed by atoms with Crippen LogP contribution in [0.1, 0.15) is 18.9 Å². The van der Waals surface area contributed by atoms with Crippen molar-refractivity contribution in [3.63, 3.8) is 0 Å². The van der Waals surface area contributed by atoms with Gasteiger partial charge in [-0.3, -0.25) is 4.79 Å². The van der Waals surface area contributed by atoms with E-state index in [1.165, 1.54) is 0 Å². The van der Waals surface area contributed by atoms with Crippen LogP contribution < -0.4 is 15.6 Å². The van der Waals surface area contributed by atoms with Gasteiger partial charge in [0.1, 0.15) is 5.75 Å². The van der Waals surface area contributed by atoms with Crippen LogP contribution >= 0.6 is 11.6 Å². The van der Waals surface area contributed by atoms with Crippen molar-refractivity contribution in [1.29, 1.82) is 0 Å². The molecule has 1 saturated carbocycles. The first kappa shape index (κ1) is 13.0. The first-order valence-corrected chi connectivity index (χ1v) is 6.74. The molecule has 0 atom stereocenters. The maximum absolute atomic E-state index is 12.2. The standard InChI is InChI=1S/C14H14ClN3O2/c1-20-12-5-2-9(8-11(12)15)17-13-14(19)18(7-6-16-13)10-3-4-10/h2,5-8,10H,3-4H2,1H3,(H,16,17). The molecule has 0 spiro atoms. The Morgan fingerprint density at radius 1 is 1.45 bits per heavy atom. The first-order chi connectivity index (χ1) is 9.69. The minimum Gasteiger partial charge on any atom is -0.495 e. The molecule has 1 aromatic carbocycles. The zero-order valence-electron chi connectivity index (χ0n) is 11.0. The van der Waals surface area contributed by atoms with Gasteiger partial charge >= 0.3 is 0 Å². The molecular weight excluding hydrogens is 278 g/mol. The summed E-state index contributed by atoms with van der Waals surface area (Å²) in [6, 6.07) is 5.56. The van der Waals surface area contributed by atoms with Gasteiger partial charge in [-0.05, 0) is 31.0 Å². The van der Waals surface area contributed by atoms with Crippen molar-refractivity contribution in [1.82, 2.24) is 9.55 Å². The van der Waals surface area contributed by atoms with Crippen LogP contribution in [0.15, 0.2) is 35.4 Å². The number of aromatic nitrogens is 2. The maximum Gasteiger partial charge on any atom is 0.293 e. The van der Waals surface area contributed by atoms with Crippen LogP contribution in [0.2, 0.25) is 5.02 Å². The highest BCUT2D eigenvalue weighted by molar-refractivity contribution is 6.32. The molecule has 0 unspecified atom stereocenters. The summed E-state index contributed by atoms with van der Waals surface area (Å²) in [7, 11) is 1.56. The summed E-state index contributed by atoms with van der Waals surface area (Å²) < 4.78 is 6.81. The third-order valence-corrected chi connectivity index (χ3v) is 3.52. The Kier molecular flexibility index (Phi) is 3.36. The summed E-state index contributed by atoms with van der Waals surface area (Å²) in [6.07, 6.45) is 5.47. The predicted octanol–water partition coefficient (Wildman–Crippen LogP) is 2.98. The second-order valence-corrected chi connectivity index (χ2v) is 5.10. The van der Waals surface area contributed by atoms with E-state index in [9.17, 15) is 4.79 Å². The van der Waals surface area contributed by atoms with Crippen LogP contribution in [0.25, 0.3) is 0 Å². The lowest BCUT2D eigenvalue weighted by Gasteiger charge is -2.09. The largest absolute Gasteiger partial charge is 0.495 e. The Labute approximate surface area is 121 Å². The molecule has 2 aromatic rings. The van der Waals surface area contributed by atoms with Crippen LogP contribution in [-0.2, 0) is 0 Å². The maximum atomic E-state index is 12.2. The van der Waals surface area contributed by atoms with Gasteiger partial charge < -0.3 is 14.6 Å². The molecule has 0 aliphatic heterocycles. The highest BCUT2D eigenvalue weighted by Gasteiger charge is 2.25. The van der Waals surface area contributed by atoms with Crippen molar-refractivity contribution in [2.24, 2.45) is 0 Å². The van der Waals surface area contributed by atoms with E-state index in [-0.39, 0.29) is 5.56 Å². The van der Waals surface area contributed by atoms with Crippen molar-refractivity contribution in [3.8, 4) is 5.75 Å². The van der Waals surface area contributed by atoms with Crippen molar-refractivity contribution < 1.29 is 4.74 Å². The normalized spacial score (nSPS) is 14.1. The van der Waals surface area contributed by atoms with Gasteiger partial charge in [0, 0.05) is 24.1 Å². The third kappa shape index (κ3) is 2.49. The number of benzene rings is 1. The Morgan fingerprint density at radius 3 is 2.90 bits per heavy atom. The molecule has 1 N–H and O–H groups in total. The lowest BCUT2D eigenvalue weighted by atomic mass is 10.3. The molecule has 1 fully saturated rings. The predicted molar refractivity (Wildman–Crippen MR) is 78.1 cm³/mol. The van der Waals surface area contributed by atoms with Crippen molar-refractivity contribution in [3.05, 3.63) is 46.0 Å². The summed E-state index contributed by atoms with van der Waals surface area (Å²) in [6.45, 7) is 0. The molecule has 0 saturated heterocycles. The number of nitrogens with one attached hydrogen (secondary N) is 1. The van der Waals surface area contributed by atoms with E-state index in [0.29, 0.717) is 28.3 Å². The number of halogens is 1. The minimum atomic E-state index is -0.109. The number of ether oxygens (including phenoxy) is 1. The molecule has 104 valence electrons. The summed E-state index contributed by atoms with van der Waals surface area (Å²) in [5.74, 6) is 0.897. The van der Waals surface area contributed by atoms with Crippen LogP contribution in [-0.4, -0.2) is 16.7 Å².